The third kappa shape index (κ3) is 3.43. The van der Waals surface area contributed by atoms with Crippen molar-refractivity contribution in [2.24, 2.45) is 5.41 Å². The number of carbonyl (C=O) groups excluding carboxylic acids is 1. The molecule has 2 fully saturated rings. The lowest BCUT2D eigenvalue weighted by atomic mass is 9.77. The number of aromatic nitrogens is 3. The van der Waals surface area contributed by atoms with Crippen LogP contribution in [0.3, 0.4) is 0 Å². The van der Waals surface area contributed by atoms with Crippen molar-refractivity contribution in [2.45, 2.75) is 39.7 Å². The molecule has 1 amide bonds. The van der Waals surface area contributed by atoms with Gasteiger partial charge >= 0.3 is 0 Å². The van der Waals surface area contributed by atoms with E-state index in [1.807, 2.05) is 43.9 Å². The van der Waals surface area contributed by atoms with Gasteiger partial charge in [-0.15, -0.1) is 0 Å². The molecule has 8 heteroatoms. The molecule has 0 aromatic carbocycles. The van der Waals surface area contributed by atoms with Crippen LogP contribution in [0.2, 0.25) is 0 Å². The van der Waals surface area contributed by atoms with Crippen molar-refractivity contribution in [3.8, 4) is 0 Å². The van der Waals surface area contributed by atoms with Gasteiger partial charge in [-0.25, -0.2) is 4.98 Å². The maximum atomic E-state index is 12.7. The molecule has 2 saturated heterocycles. The van der Waals surface area contributed by atoms with Gasteiger partial charge in [0.2, 0.25) is 5.91 Å². The van der Waals surface area contributed by atoms with Crippen LogP contribution < -0.4 is 9.80 Å². The minimum absolute atomic E-state index is 0.0686. The van der Waals surface area contributed by atoms with Gasteiger partial charge in [0.15, 0.2) is 0 Å². The van der Waals surface area contributed by atoms with E-state index in [-0.39, 0.29) is 11.3 Å². The second-order valence-corrected chi connectivity index (χ2v) is 8.35. The molecule has 4 heterocycles. The smallest absolute Gasteiger partial charge is 0.223 e. The standard InChI is InChI=1S/C20H28N6O2/c1-14-16(15(2)28-23-14)12-26-13-20(9-19(26)27)5-7-25(8-6-20)18-11-21-10-17(22-18)24(3)4/h10-11H,5-9,12-13H2,1-4H3. The number of carbonyl (C=O) groups is 1. The lowest BCUT2D eigenvalue weighted by molar-refractivity contribution is -0.128. The van der Waals surface area contributed by atoms with Gasteiger partial charge in [-0.3, -0.25) is 9.78 Å². The maximum absolute atomic E-state index is 12.7. The molecule has 8 nitrogen and oxygen atoms in total. The summed E-state index contributed by atoms with van der Waals surface area (Å²) in [5.74, 6) is 2.82. The number of amides is 1. The van der Waals surface area contributed by atoms with Crippen LogP contribution in [0, 0.1) is 19.3 Å². The monoisotopic (exact) mass is 384 g/mol. The number of likely N-dealkylation sites (tertiary alicyclic amines) is 1. The molecule has 0 bridgehead atoms. The first-order chi connectivity index (χ1) is 13.4. The van der Waals surface area contributed by atoms with E-state index in [2.05, 4.69) is 15.0 Å². The first-order valence-electron chi connectivity index (χ1n) is 9.81. The Hall–Kier alpha value is -2.64. The Balaban J connectivity index is 1.42. The fourth-order valence-corrected chi connectivity index (χ4v) is 4.30. The van der Waals surface area contributed by atoms with E-state index in [1.165, 1.54) is 0 Å². The fourth-order valence-electron chi connectivity index (χ4n) is 4.30. The number of rotatable bonds is 4. The highest BCUT2D eigenvalue weighted by Crippen LogP contribution is 2.42. The number of anilines is 2. The predicted molar refractivity (Wildman–Crippen MR) is 106 cm³/mol. The van der Waals surface area contributed by atoms with Gasteiger partial charge in [0.1, 0.15) is 17.4 Å². The van der Waals surface area contributed by atoms with Crippen molar-refractivity contribution >= 4 is 17.5 Å². The Kier molecular flexibility index (Phi) is 4.72. The van der Waals surface area contributed by atoms with E-state index >= 15 is 0 Å². The van der Waals surface area contributed by atoms with Gasteiger partial charge in [0.25, 0.3) is 0 Å². The quantitative estimate of drug-likeness (QED) is 0.799. The Morgan fingerprint density at radius 2 is 1.96 bits per heavy atom. The molecule has 2 aromatic rings. The molecule has 4 rings (SSSR count). The third-order valence-corrected chi connectivity index (χ3v) is 6.15. The van der Waals surface area contributed by atoms with E-state index in [0.29, 0.717) is 13.0 Å². The van der Waals surface area contributed by atoms with Crippen LogP contribution in [0.4, 0.5) is 11.6 Å². The average molecular weight is 384 g/mol. The SMILES string of the molecule is Cc1noc(C)c1CN1CC2(CCN(c3cncc(N(C)C)n3)CC2)CC1=O. The number of piperidine rings is 1. The molecule has 0 radical (unpaired) electrons. The van der Waals surface area contributed by atoms with Crippen LogP contribution in [-0.4, -0.2) is 59.7 Å². The van der Waals surface area contributed by atoms with Crippen molar-refractivity contribution in [2.75, 3.05) is 43.5 Å². The van der Waals surface area contributed by atoms with E-state index < -0.39 is 0 Å². The summed E-state index contributed by atoms with van der Waals surface area (Å²) < 4.78 is 5.26. The molecule has 1 spiro atoms. The minimum atomic E-state index is 0.0686. The Morgan fingerprint density at radius 3 is 2.61 bits per heavy atom. The highest BCUT2D eigenvalue weighted by Gasteiger charge is 2.45. The van der Waals surface area contributed by atoms with Crippen LogP contribution in [0.15, 0.2) is 16.9 Å². The van der Waals surface area contributed by atoms with Crippen LogP contribution in [0.5, 0.6) is 0 Å². The Labute approximate surface area is 165 Å². The summed E-state index contributed by atoms with van der Waals surface area (Å²) in [6.07, 6.45) is 6.22. The van der Waals surface area contributed by atoms with Gasteiger partial charge in [0.05, 0.1) is 24.6 Å². The molecular weight excluding hydrogens is 356 g/mol. The lowest BCUT2D eigenvalue weighted by Crippen LogP contribution is -2.42. The van der Waals surface area contributed by atoms with Gasteiger partial charge in [-0.05, 0) is 26.7 Å². The molecule has 0 unspecified atom stereocenters. The van der Waals surface area contributed by atoms with Crippen LogP contribution in [-0.2, 0) is 11.3 Å². The van der Waals surface area contributed by atoms with Gasteiger partial charge in [0, 0.05) is 51.1 Å². The maximum Gasteiger partial charge on any atom is 0.223 e. The Bertz CT molecular complexity index is 850. The summed E-state index contributed by atoms with van der Waals surface area (Å²) in [4.78, 5) is 28.0. The topological polar surface area (TPSA) is 78.6 Å². The van der Waals surface area contributed by atoms with Crippen molar-refractivity contribution in [1.82, 2.24) is 20.0 Å². The number of hydrogen-bond donors (Lipinski definition) is 0. The summed E-state index contributed by atoms with van der Waals surface area (Å²) >= 11 is 0. The highest BCUT2D eigenvalue weighted by atomic mass is 16.5. The minimum Gasteiger partial charge on any atom is -0.361 e. The number of nitrogens with zero attached hydrogens (tertiary/aromatic N) is 6. The van der Waals surface area contributed by atoms with Crippen LogP contribution >= 0.6 is 0 Å². The lowest BCUT2D eigenvalue weighted by Gasteiger charge is -2.39. The molecule has 0 N–H and O–H groups in total. The van der Waals surface area contributed by atoms with E-state index in [1.54, 1.807) is 6.20 Å². The normalized spacial score (nSPS) is 18.9. The molecule has 0 saturated carbocycles. The average Bonchev–Trinajstić information content (AvgIpc) is 3.16. The molecule has 150 valence electrons. The zero-order valence-electron chi connectivity index (χ0n) is 17.1. The van der Waals surface area contributed by atoms with Gasteiger partial charge in [-0.2, -0.15) is 0 Å². The second kappa shape index (κ2) is 7.07. The zero-order chi connectivity index (χ0) is 19.9. The molecule has 0 aliphatic carbocycles. The van der Waals surface area contributed by atoms with Crippen molar-refractivity contribution in [3.63, 3.8) is 0 Å². The third-order valence-electron chi connectivity index (χ3n) is 6.15. The largest absolute Gasteiger partial charge is 0.361 e. The van der Waals surface area contributed by atoms with E-state index in [4.69, 9.17) is 9.51 Å². The van der Waals surface area contributed by atoms with Crippen molar-refractivity contribution in [1.29, 1.82) is 0 Å². The van der Waals surface area contributed by atoms with Crippen LogP contribution in [0.1, 0.15) is 36.3 Å². The predicted octanol–water partition coefficient (Wildman–Crippen LogP) is 2.17. The Morgan fingerprint density at radius 1 is 1.21 bits per heavy atom. The van der Waals surface area contributed by atoms with Crippen LogP contribution in [0.25, 0.3) is 0 Å². The molecule has 28 heavy (non-hydrogen) atoms. The molecule has 2 aliphatic heterocycles. The second-order valence-electron chi connectivity index (χ2n) is 8.35. The first-order valence-corrected chi connectivity index (χ1v) is 9.81. The van der Waals surface area contributed by atoms with E-state index in [9.17, 15) is 4.79 Å². The van der Waals surface area contributed by atoms with Crippen molar-refractivity contribution < 1.29 is 9.32 Å². The van der Waals surface area contributed by atoms with Crippen molar-refractivity contribution in [3.05, 3.63) is 29.4 Å². The summed E-state index contributed by atoms with van der Waals surface area (Å²) in [6, 6.07) is 0. The summed E-state index contributed by atoms with van der Waals surface area (Å²) in [5, 5.41) is 4.01. The molecule has 0 atom stereocenters. The molecule has 2 aromatic heterocycles. The van der Waals surface area contributed by atoms with E-state index in [0.717, 1.165) is 61.1 Å². The van der Waals surface area contributed by atoms with Gasteiger partial charge < -0.3 is 19.2 Å². The molecular formula is C20H28N6O2. The summed E-state index contributed by atoms with van der Waals surface area (Å²) in [5.41, 5.74) is 1.98. The molecule has 2 aliphatic rings. The first kappa shape index (κ1) is 18.7. The highest BCUT2D eigenvalue weighted by molar-refractivity contribution is 5.79. The number of aryl methyl sites for hydroxylation is 2. The summed E-state index contributed by atoms with van der Waals surface area (Å²) in [6.45, 7) is 7.06. The number of hydrogen-bond acceptors (Lipinski definition) is 7. The zero-order valence-corrected chi connectivity index (χ0v) is 17.1. The van der Waals surface area contributed by atoms with Gasteiger partial charge in [-0.1, -0.05) is 5.16 Å². The fraction of sp³-hybridized carbons (Fsp3) is 0.600. The summed E-state index contributed by atoms with van der Waals surface area (Å²) in [7, 11) is 3.94.